The van der Waals surface area contributed by atoms with Crippen LogP contribution in [0, 0.1) is 0 Å². The highest BCUT2D eigenvalue weighted by atomic mass is 16.6. The van der Waals surface area contributed by atoms with Gasteiger partial charge in [-0.1, -0.05) is 60.7 Å². The van der Waals surface area contributed by atoms with Crippen LogP contribution in [-0.4, -0.2) is 63.1 Å². The molecule has 2 amide bonds. The van der Waals surface area contributed by atoms with Gasteiger partial charge in [0.15, 0.2) is 12.7 Å². The summed E-state index contributed by atoms with van der Waals surface area (Å²) in [6, 6.07) is 34.5. The molecule has 0 bridgehead atoms. The van der Waals surface area contributed by atoms with Gasteiger partial charge in [-0.25, -0.2) is 4.79 Å². The summed E-state index contributed by atoms with van der Waals surface area (Å²) >= 11 is 0. The smallest absolute Gasteiger partial charge is 0.344 e. The van der Waals surface area contributed by atoms with Crippen molar-refractivity contribution in [3.05, 3.63) is 149 Å². The van der Waals surface area contributed by atoms with E-state index in [2.05, 4.69) is 10.6 Å². The summed E-state index contributed by atoms with van der Waals surface area (Å²) in [6.07, 6.45) is -0.176. The van der Waals surface area contributed by atoms with Crippen LogP contribution in [0.1, 0.15) is 42.2 Å². The Kier molecular flexibility index (Phi) is 12.7. The van der Waals surface area contributed by atoms with E-state index in [-0.39, 0.29) is 51.3 Å². The van der Waals surface area contributed by atoms with E-state index in [0.29, 0.717) is 62.9 Å². The molecular formula is C42H38N2O10. The van der Waals surface area contributed by atoms with E-state index in [1.165, 1.54) is 0 Å². The number of hydrogen-bond donors (Lipinski definition) is 2. The number of carbonyl (C=O) groups excluding carboxylic acids is 4. The third-order valence-corrected chi connectivity index (χ3v) is 8.19. The molecule has 276 valence electrons. The molecule has 1 aliphatic heterocycles. The molecule has 1 heterocycles. The molecule has 0 radical (unpaired) electrons. The van der Waals surface area contributed by atoms with E-state index in [4.69, 9.17) is 28.4 Å². The average Bonchev–Trinajstić information content (AvgIpc) is 3.21. The number of carbonyl (C=O) groups is 4. The normalized spacial score (nSPS) is 14.2. The van der Waals surface area contributed by atoms with Crippen molar-refractivity contribution in [3.8, 4) is 28.7 Å². The maximum absolute atomic E-state index is 13.2. The van der Waals surface area contributed by atoms with Crippen LogP contribution in [0.25, 0.3) is 0 Å². The van der Waals surface area contributed by atoms with E-state index in [0.717, 1.165) is 0 Å². The average molecular weight is 731 g/mol. The first kappa shape index (κ1) is 37.0. The number of ether oxygens (including phenoxy) is 6. The number of nitrogens with one attached hydrogen (secondary N) is 2. The van der Waals surface area contributed by atoms with Gasteiger partial charge in [-0.15, -0.1) is 0 Å². The molecule has 0 atom stereocenters. The van der Waals surface area contributed by atoms with Crippen molar-refractivity contribution in [3.63, 3.8) is 0 Å². The first-order valence-electron chi connectivity index (χ1n) is 17.3. The van der Waals surface area contributed by atoms with Gasteiger partial charge in [0.1, 0.15) is 61.5 Å². The lowest BCUT2D eigenvalue weighted by molar-refractivity contribution is -0.154. The molecule has 5 aromatic carbocycles. The van der Waals surface area contributed by atoms with Crippen LogP contribution in [0.15, 0.2) is 121 Å². The molecule has 0 saturated heterocycles. The second kappa shape index (κ2) is 18.6. The molecule has 6 rings (SSSR count). The molecule has 0 saturated carbocycles. The van der Waals surface area contributed by atoms with E-state index >= 15 is 0 Å². The van der Waals surface area contributed by atoms with Gasteiger partial charge in [-0.05, 0) is 60.7 Å². The van der Waals surface area contributed by atoms with Gasteiger partial charge >= 0.3 is 5.97 Å². The summed E-state index contributed by atoms with van der Waals surface area (Å²) in [6.45, 7) is -0.0764. The lowest BCUT2D eigenvalue weighted by Crippen LogP contribution is -2.35. The minimum atomic E-state index is -0.892. The van der Waals surface area contributed by atoms with Crippen molar-refractivity contribution in [1.82, 2.24) is 10.6 Å². The topological polar surface area (TPSA) is 148 Å². The van der Waals surface area contributed by atoms with Crippen LogP contribution in [0.4, 0.5) is 0 Å². The summed E-state index contributed by atoms with van der Waals surface area (Å²) in [7, 11) is 0. The van der Waals surface area contributed by atoms with Gasteiger partial charge in [0, 0.05) is 29.8 Å². The highest BCUT2D eigenvalue weighted by Gasteiger charge is 2.21. The van der Waals surface area contributed by atoms with Gasteiger partial charge in [-0.3, -0.25) is 14.4 Å². The molecule has 12 nitrogen and oxygen atoms in total. The largest absolute Gasteiger partial charge is 0.489 e. The zero-order chi connectivity index (χ0) is 37.5. The molecule has 2 N–H and O–H groups in total. The van der Waals surface area contributed by atoms with Gasteiger partial charge in [0.25, 0.3) is 11.8 Å². The van der Waals surface area contributed by atoms with Crippen molar-refractivity contribution < 1.29 is 47.6 Å². The summed E-state index contributed by atoms with van der Waals surface area (Å²) in [5.74, 6) is 0.679. The fourth-order valence-corrected chi connectivity index (χ4v) is 5.43. The van der Waals surface area contributed by atoms with Gasteiger partial charge in [0.05, 0.1) is 11.1 Å². The zero-order valence-corrected chi connectivity index (χ0v) is 29.2. The highest BCUT2D eigenvalue weighted by Crippen LogP contribution is 2.26. The van der Waals surface area contributed by atoms with Crippen molar-refractivity contribution in [2.45, 2.75) is 19.3 Å². The molecule has 1 aliphatic rings. The summed E-state index contributed by atoms with van der Waals surface area (Å²) < 4.78 is 36.0. The van der Waals surface area contributed by atoms with Crippen molar-refractivity contribution in [2.75, 3.05) is 32.9 Å². The zero-order valence-electron chi connectivity index (χ0n) is 29.2. The van der Waals surface area contributed by atoms with Crippen LogP contribution in [-0.2, 0) is 22.7 Å². The number of para-hydroxylation sites is 4. The second-order valence-corrected chi connectivity index (χ2v) is 12.0. The van der Waals surface area contributed by atoms with Crippen LogP contribution < -0.4 is 34.3 Å². The Morgan fingerprint density at radius 2 is 1.07 bits per heavy atom. The Balaban J connectivity index is 1.24. The SMILES string of the molecule is O=Cc1ccc(OCC(=O)OC2COc3ccccc3COc3ccccc3C(=O)NCCNC(=O)c3ccccc3OCc3ccccc3OC2)cc1. The summed E-state index contributed by atoms with van der Waals surface area (Å²) in [5, 5.41) is 5.67. The third kappa shape index (κ3) is 10.2. The predicted molar refractivity (Wildman–Crippen MR) is 197 cm³/mol. The summed E-state index contributed by atoms with van der Waals surface area (Å²) in [4.78, 5) is 50.4. The van der Waals surface area contributed by atoms with E-state index < -0.39 is 18.7 Å². The van der Waals surface area contributed by atoms with Gasteiger partial charge in [-0.2, -0.15) is 0 Å². The third-order valence-electron chi connectivity index (χ3n) is 8.19. The molecule has 0 aromatic heterocycles. The standard InChI is InChI=1S/C42H38N2O10/c45-23-29-17-19-32(20-18-29)49-28-40(46)54-33-26-52-36-13-5-1-9-30(36)24-50-38-15-7-3-11-34(38)41(47)43-21-22-44-42(48)35-12-4-8-16-39(35)51-25-31-10-2-6-14-37(31)53-27-33/h1-20,23,33H,21-22,24-28H2,(H,43,47)(H,44,48). The Labute approximate surface area is 311 Å². The molecule has 0 aliphatic carbocycles. The molecule has 0 spiro atoms. The van der Waals surface area contributed by atoms with E-state index in [1.54, 1.807) is 97.1 Å². The quantitative estimate of drug-likeness (QED) is 0.174. The van der Waals surface area contributed by atoms with Crippen LogP contribution in [0.2, 0.25) is 0 Å². The fraction of sp³-hybridized carbons (Fsp3) is 0.190. The summed E-state index contributed by atoms with van der Waals surface area (Å²) in [5.41, 5.74) is 2.49. The Morgan fingerprint density at radius 1 is 0.611 bits per heavy atom. The van der Waals surface area contributed by atoms with Gasteiger partial charge < -0.3 is 39.1 Å². The minimum absolute atomic E-state index is 0.0704. The number of esters is 1. The number of hydrogen-bond acceptors (Lipinski definition) is 10. The number of amides is 2. The second-order valence-electron chi connectivity index (χ2n) is 12.0. The van der Waals surface area contributed by atoms with Crippen molar-refractivity contribution in [1.29, 1.82) is 0 Å². The molecular weight excluding hydrogens is 692 g/mol. The van der Waals surface area contributed by atoms with Crippen LogP contribution in [0.5, 0.6) is 28.7 Å². The number of aldehydes is 1. The number of fused-ring (bicyclic) bond motifs is 4. The van der Waals surface area contributed by atoms with E-state index in [1.807, 2.05) is 24.3 Å². The predicted octanol–water partition coefficient (Wildman–Crippen LogP) is 5.58. The fourth-order valence-electron chi connectivity index (χ4n) is 5.43. The molecule has 0 unspecified atom stereocenters. The van der Waals surface area contributed by atoms with Crippen LogP contribution >= 0.6 is 0 Å². The Hall–Kier alpha value is -6.82. The highest BCUT2D eigenvalue weighted by molar-refractivity contribution is 5.98. The monoisotopic (exact) mass is 730 g/mol. The minimum Gasteiger partial charge on any atom is -0.489 e. The Morgan fingerprint density at radius 3 is 1.57 bits per heavy atom. The van der Waals surface area contributed by atoms with E-state index in [9.17, 15) is 19.2 Å². The maximum Gasteiger partial charge on any atom is 0.344 e. The molecule has 5 aromatic rings. The molecule has 12 heteroatoms. The van der Waals surface area contributed by atoms with Crippen molar-refractivity contribution in [2.24, 2.45) is 0 Å². The first-order chi connectivity index (χ1) is 26.5. The molecule has 0 fully saturated rings. The lowest BCUT2D eigenvalue weighted by atomic mass is 10.1. The number of benzene rings is 5. The molecule has 54 heavy (non-hydrogen) atoms. The lowest BCUT2D eigenvalue weighted by Gasteiger charge is -2.21. The van der Waals surface area contributed by atoms with Gasteiger partial charge in [0.2, 0.25) is 0 Å². The van der Waals surface area contributed by atoms with Crippen LogP contribution in [0.3, 0.4) is 0 Å². The number of rotatable bonds is 5. The Bertz CT molecular complexity index is 1950. The van der Waals surface area contributed by atoms with Crippen molar-refractivity contribution >= 4 is 24.1 Å². The first-order valence-corrected chi connectivity index (χ1v) is 17.3. The maximum atomic E-state index is 13.2.